The van der Waals surface area contributed by atoms with Crippen LogP contribution in [0.15, 0.2) is 80.5 Å². The van der Waals surface area contributed by atoms with E-state index in [-0.39, 0.29) is 67.7 Å². The number of nitrogens with zero attached hydrogens (tertiary/aromatic N) is 6. The summed E-state index contributed by atoms with van der Waals surface area (Å²) < 4.78 is 106. The van der Waals surface area contributed by atoms with E-state index in [1.807, 2.05) is 0 Å². The minimum absolute atomic E-state index is 0.0588. The van der Waals surface area contributed by atoms with Crippen LogP contribution in [0.3, 0.4) is 0 Å². The SMILES string of the molecule is O=S(=O)(O)c1ccnc(CN2Cc3cc(S(=O)(=O)O)cc(n3)CN(Cc3cc(SOOO)ccn3)Cc3cc(S(=O)(=O)O)cc(n3)C2)c1. The highest BCUT2D eigenvalue weighted by molar-refractivity contribution is 7.94. The van der Waals surface area contributed by atoms with Crippen LogP contribution < -0.4 is 0 Å². The van der Waals surface area contributed by atoms with Crippen LogP contribution in [0.2, 0.25) is 0 Å². The minimum atomic E-state index is -4.70. The van der Waals surface area contributed by atoms with E-state index in [0.717, 1.165) is 24.3 Å². The third-order valence-electron chi connectivity index (χ3n) is 6.75. The van der Waals surface area contributed by atoms with Crippen LogP contribution in [-0.4, -0.2) is 73.9 Å². The van der Waals surface area contributed by atoms with Crippen molar-refractivity contribution < 1.29 is 53.5 Å². The molecule has 5 rings (SSSR count). The Balaban J connectivity index is 1.60. The fourth-order valence-corrected chi connectivity index (χ4v) is 6.99. The van der Waals surface area contributed by atoms with E-state index >= 15 is 0 Å². The lowest BCUT2D eigenvalue weighted by atomic mass is 10.2. The number of aromatic nitrogens is 4. The maximum Gasteiger partial charge on any atom is 0.294 e. The van der Waals surface area contributed by atoms with E-state index in [4.69, 9.17) is 5.26 Å². The van der Waals surface area contributed by atoms with E-state index < -0.39 is 45.0 Å². The Kier molecular flexibility index (Phi) is 10.8. The molecule has 0 saturated carbocycles. The van der Waals surface area contributed by atoms with Gasteiger partial charge >= 0.3 is 0 Å². The van der Waals surface area contributed by atoms with Crippen LogP contribution >= 0.6 is 12.0 Å². The fraction of sp³-hybridized carbons (Fsp3) is 0.231. The molecule has 256 valence electrons. The van der Waals surface area contributed by atoms with Crippen molar-refractivity contribution in [2.24, 2.45) is 0 Å². The smallest absolute Gasteiger partial charge is 0.286 e. The van der Waals surface area contributed by atoms with Gasteiger partial charge in [0.1, 0.15) is 0 Å². The van der Waals surface area contributed by atoms with E-state index in [9.17, 15) is 38.9 Å². The predicted octanol–water partition coefficient (Wildman–Crippen LogP) is 2.15. The Labute approximate surface area is 278 Å². The van der Waals surface area contributed by atoms with Gasteiger partial charge in [-0.2, -0.15) is 25.3 Å². The summed E-state index contributed by atoms with van der Waals surface area (Å²) in [6.07, 6.45) is 2.64. The molecule has 0 fully saturated rings. The van der Waals surface area contributed by atoms with Crippen molar-refractivity contribution in [3.8, 4) is 0 Å². The van der Waals surface area contributed by atoms with Crippen LogP contribution in [0, 0.1) is 0 Å². The topological polar surface area (TPSA) is 260 Å². The molecule has 1 aliphatic heterocycles. The van der Waals surface area contributed by atoms with Crippen LogP contribution in [0.25, 0.3) is 0 Å². The molecule has 4 aromatic heterocycles. The van der Waals surface area contributed by atoms with Gasteiger partial charge in [-0.15, -0.1) is 4.33 Å². The lowest BCUT2D eigenvalue weighted by molar-refractivity contribution is -0.432. The summed E-state index contributed by atoms with van der Waals surface area (Å²) in [4.78, 5) is 20.2. The molecule has 0 unspecified atom stereocenters. The zero-order valence-electron chi connectivity index (χ0n) is 24.4. The molecule has 0 saturated heterocycles. The number of fused-ring (bicyclic) bond motifs is 4. The Hall–Kier alpha value is -3.52. The molecule has 4 bridgehead atoms. The summed E-state index contributed by atoms with van der Waals surface area (Å²) in [5, 5.41) is 12.1. The van der Waals surface area contributed by atoms with Gasteiger partial charge in [0, 0.05) is 56.6 Å². The zero-order chi connectivity index (χ0) is 34.7. The van der Waals surface area contributed by atoms with Gasteiger partial charge in [0.15, 0.2) is 0 Å². The molecule has 0 spiro atoms. The maximum atomic E-state index is 12.3. The van der Waals surface area contributed by atoms with Crippen molar-refractivity contribution >= 4 is 42.4 Å². The van der Waals surface area contributed by atoms with Gasteiger partial charge in [-0.25, -0.2) is 5.26 Å². The number of rotatable bonds is 10. The summed E-state index contributed by atoms with van der Waals surface area (Å²) >= 11 is 0.700. The highest BCUT2D eigenvalue weighted by Gasteiger charge is 2.23. The molecule has 48 heavy (non-hydrogen) atoms. The second-order valence-electron chi connectivity index (χ2n) is 10.5. The molecule has 0 aliphatic carbocycles. The molecule has 5 heterocycles. The van der Waals surface area contributed by atoms with Crippen molar-refractivity contribution in [3.63, 3.8) is 0 Å². The first-order valence-electron chi connectivity index (χ1n) is 13.5. The third-order valence-corrected chi connectivity index (χ3v) is 9.84. The Morgan fingerprint density at radius 3 is 1.46 bits per heavy atom. The first kappa shape index (κ1) is 35.8. The Morgan fingerprint density at radius 1 is 0.625 bits per heavy atom. The molecular formula is C26H26N6O12S4. The normalized spacial score (nSPS) is 15.1. The molecule has 0 aromatic carbocycles. The van der Waals surface area contributed by atoms with Crippen molar-refractivity contribution in [1.29, 1.82) is 0 Å². The molecular weight excluding hydrogens is 717 g/mol. The van der Waals surface area contributed by atoms with E-state index in [0.29, 0.717) is 22.6 Å². The molecule has 0 amide bonds. The Morgan fingerprint density at radius 2 is 1.04 bits per heavy atom. The maximum absolute atomic E-state index is 12.3. The first-order chi connectivity index (χ1) is 22.5. The molecule has 22 heteroatoms. The lowest BCUT2D eigenvalue weighted by Crippen LogP contribution is -2.28. The van der Waals surface area contributed by atoms with Crippen LogP contribution in [0.5, 0.6) is 0 Å². The molecule has 4 aromatic rings. The summed E-state index contributed by atoms with van der Waals surface area (Å²) in [7, 11) is -14.0. The second kappa shape index (κ2) is 14.5. The standard InChI is InChI=1S/C26H26N6O12S4/c33-43-44-45-23-1-3-27-17(5-23)11-31-13-19-7-25(47(37,38)39)9-21(29-19)15-32(12-18-6-24(2-4-28-18)46(34,35)36)16-22-10-26(48(40,41)42)8-20(14-31)30-22/h1-10,33H,11-16H2,(H,34,35,36)(H,37,38,39)(H,40,41,42). The van der Waals surface area contributed by atoms with E-state index in [1.165, 1.54) is 24.5 Å². The molecule has 1 aliphatic rings. The Bertz CT molecular complexity index is 2070. The van der Waals surface area contributed by atoms with Crippen molar-refractivity contribution in [1.82, 2.24) is 29.7 Å². The predicted molar refractivity (Wildman–Crippen MR) is 163 cm³/mol. The van der Waals surface area contributed by atoms with E-state index in [1.54, 1.807) is 21.9 Å². The van der Waals surface area contributed by atoms with Gasteiger partial charge in [0.2, 0.25) is 0 Å². The third kappa shape index (κ3) is 9.77. The zero-order valence-corrected chi connectivity index (χ0v) is 27.7. The van der Waals surface area contributed by atoms with Gasteiger partial charge in [-0.3, -0.25) is 43.4 Å². The fourth-order valence-electron chi connectivity index (χ4n) is 4.92. The van der Waals surface area contributed by atoms with Crippen LogP contribution in [0.1, 0.15) is 34.2 Å². The molecule has 0 atom stereocenters. The lowest BCUT2D eigenvalue weighted by Gasteiger charge is -2.26. The van der Waals surface area contributed by atoms with Gasteiger partial charge < -0.3 is 0 Å². The van der Waals surface area contributed by atoms with Crippen molar-refractivity contribution in [3.05, 3.63) is 95.1 Å². The summed E-state index contributed by atoms with van der Waals surface area (Å²) in [5.41, 5.74) is 1.36. The monoisotopic (exact) mass is 742 g/mol. The highest BCUT2D eigenvalue weighted by Crippen LogP contribution is 2.24. The van der Waals surface area contributed by atoms with Crippen LogP contribution in [-0.2, 0) is 79.0 Å². The largest absolute Gasteiger partial charge is 0.294 e. The minimum Gasteiger partial charge on any atom is -0.286 e. The average Bonchev–Trinajstić information content (AvgIpc) is 2.98. The highest BCUT2D eigenvalue weighted by atomic mass is 32.2. The van der Waals surface area contributed by atoms with Crippen LogP contribution in [0.4, 0.5) is 0 Å². The second-order valence-corrected chi connectivity index (χ2v) is 15.5. The van der Waals surface area contributed by atoms with Gasteiger partial charge in [0.25, 0.3) is 30.4 Å². The molecule has 0 radical (unpaired) electrons. The van der Waals surface area contributed by atoms with Crippen molar-refractivity contribution in [2.45, 2.75) is 58.9 Å². The summed E-state index contributed by atoms with van der Waals surface area (Å²) in [6.45, 7) is -0.408. The number of pyridine rings is 4. The van der Waals surface area contributed by atoms with Gasteiger partial charge in [-0.1, -0.05) is 5.04 Å². The summed E-state index contributed by atoms with van der Waals surface area (Å²) in [5.74, 6) is 0. The average molecular weight is 743 g/mol. The molecule has 4 N–H and O–H groups in total. The van der Waals surface area contributed by atoms with E-state index in [2.05, 4.69) is 29.3 Å². The van der Waals surface area contributed by atoms with Gasteiger partial charge in [0.05, 0.1) is 60.9 Å². The summed E-state index contributed by atoms with van der Waals surface area (Å²) in [6, 6.07) is 10.1. The van der Waals surface area contributed by atoms with Crippen molar-refractivity contribution in [2.75, 3.05) is 0 Å². The number of hydrogen-bond donors (Lipinski definition) is 4. The van der Waals surface area contributed by atoms with Gasteiger partial charge in [-0.05, 0) is 48.5 Å². The number of hydrogen-bond acceptors (Lipinski definition) is 16. The molecule has 18 nitrogen and oxygen atoms in total. The first-order valence-corrected chi connectivity index (χ1v) is 18.5. The quantitative estimate of drug-likeness (QED) is 0.0785.